The predicted molar refractivity (Wildman–Crippen MR) is 82.6 cm³/mol. The van der Waals surface area contributed by atoms with Gasteiger partial charge < -0.3 is 10.3 Å². The topological polar surface area (TPSA) is 80.0 Å². The van der Waals surface area contributed by atoms with E-state index in [1.807, 2.05) is 24.5 Å². The number of hydrazine groups is 1. The fraction of sp³-hybridized carbons (Fsp3) is 0.308. The van der Waals surface area contributed by atoms with E-state index < -0.39 is 0 Å². The predicted octanol–water partition coefficient (Wildman–Crippen LogP) is 1.91. The summed E-state index contributed by atoms with van der Waals surface area (Å²) in [6.45, 7) is 3.71. The largest absolute Gasteiger partial charge is 0.352 e. The van der Waals surface area contributed by atoms with Crippen LogP contribution in [0.25, 0.3) is 0 Å². The molecule has 0 aliphatic heterocycles. The number of pyridine rings is 1. The van der Waals surface area contributed by atoms with Crippen LogP contribution in [-0.4, -0.2) is 27.8 Å². The molecule has 0 fully saturated rings. The Bertz CT molecular complexity index is 526. The van der Waals surface area contributed by atoms with Crippen LogP contribution in [0.3, 0.4) is 0 Å². The van der Waals surface area contributed by atoms with Crippen molar-refractivity contribution in [3.8, 4) is 0 Å². The smallest absolute Gasteiger partial charge is 0.191 e. The third-order valence-electron chi connectivity index (χ3n) is 2.85. The maximum absolute atomic E-state index is 5.46. The Balaban J connectivity index is 2.26. The zero-order valence-electron chi connectivity index (χ0n) is 11.6. The number of thioether (sulfide) groups is 1. The number of aromatic nitrogens is 3. The van der Waals surface area contributed by atoms with Crippen LogP contribution in [0.5, 0.6) is 0 Å². The third-order valence-corrected chi connectivity index (χ3v) is 3.40. The van der Waals surface area contributed by atoms with E-state index in [1.165, 1.54) is 17.3 Å². The minimum Gasteiger partial charge on any atom is -0.352 e. The van der Waals surface area contributed by atoms with Crippen molar-refractivity contribution >= 4 is 23.4 Å². The van der Waals surface area contributed by atoms with Gasteiger partial charge in [-0.3, -0.25) is 4.98 Å². The van der Waals surface area contributed by atoms with E-state index in [1.54, 1.807) is 12.4 Å². The summed E-state index contributed by atoms with van der Waals surface area (Å²) in [6.07, 6.45) is 5.53. The van der Waals surface area contributed by atoms with E-state index in [0.29, 0.717) is 11.0 Å². The standard InChI is InChI=1S/C13H18N6S/c1-3-19(9-10-4-6-15-7-5-10)12-8-11(18-14)16-13(17-12)20-2/h4-8H,3,9,14H2,1-2H3,(H,16,17,18). The summed E-state index contributed by atoms with van der Waals surface area (Å²) in [5.41, 5.74) is 3.77. The highest BCUT2D eigenvalue weighted by Crippen LogP contribution is 2.21. The minimum atomic E-state index is 0.618. The molecule has 0 atom stereocenters. The van der Waals surface area contributed by atoms with E-state index in [9.17, 15) is 0 Å². The Morgan fingerprint density at radius 1 is 1.30 bits per heavy atom. The Labute approximate surface area is 122 Å². The van der Waals surface area contributed by atoms with Crippen LogP contribution in [0.15, 0.2) is 35.7 Å². The van der Waals surface area contributed by atoms with Crippen molar-refractivity contribution in [2.45, 2.75) is 18.6 Å². The summed E-state index contributed by atoms with van der Waals surface area (Å²) < 4.78 is 0. The average molecular weight is 290 g/mol. The highest BCUT2D eigenvalue weighted by Gasteiger charge is 2.10. The van der Waals surface area contributed by atoms with E-state index in [-0.39, 0.29) is 0 Å². The molecule has 20 heavy (non-hydrogen) atoms. The summed E-state index contributed by atoms with van der Waals surface area (Å²) in [5, 5.41) is 0.698. The first kappa shape index (κ1) is 14.5. The first-order valence-corrected chi connectivity index (χ1v) is 7.52. The van der Waals surface area contributed by atoms with E-state index in [2.05, 4.69) is 32.2 Å². The van der Waals surface area contributed by atoms with Gasteiger partial charge >= 0.3 is 0 Å². The molecule has 2 rings (SSSR count). The molecule has 3 N–H and O–H groups in total. The minimum absolute atomic E-state index is 0.618. The summed E-state index contributed by atoms with van der Waals surface area (Å²) in [7, 11) is 0. The van der Waals surface area contributed by atoms with Gasteiger partial charge in [0.2, 0.25) is 0 Å². The number of anilines is 2. The molecule has 0 aliphatic carbocycles. The fourth-order valence-electron chi connectivity index (χ4n) is 1.80. The number of nitrogens with two attached hydrogens (primary N) is 1. The SMILES string of the molecule is CCN(Cc1ccncc1)c1cc(NN)nc(SC)n1. The number of nitrogen functional groups attached to an aromatic ring is 1. The summed E-state index contributed by atoms with van der Waals surface area (Å²) >= 11 is 1.49. The zero-order chi connectivity index (χ0) is 14.4. The Morgan fingerprint density at radius 2 is 2.05 bits per heavy atom. The summed E-state index contributed by atoms with van der Waals surface area (Å²) in [4.78, 5) is 15.0. The van der Waals surface area contributed by atoms with Gasteiger partial charge in [0.15, 0.2) is 5.16 Å². The maximum atomic E-state index is 5.46. The quantitative estimate of drug-likeness (QED) is 0.364. The van der Waals surface area contributed by atoms with Crippen LogP contribution >= 0.6 is 11.8 Å². The normalized spacial score (nSPS) is 10.3. The van der Waals surface area contributed by atoms with Crippen LogP contribution in [0.2, 0.25) is 0 Å². The van der Waals surface area contributed by atoms with E-state index in [4.69, 9.17) is 5.84 Å². The second-order valence-electron chi connectivity index (χ2n) is 4.11. The molecule has 106 valence electrons. The molecule has 7 heteroatoms. The molecule has 0 unspecified atom stereocenters. The molecule has 0 saturated heterocycles. The lowest BCUT2D eigenvalue weighted by molar-refractivity contribution is 0.792. The molecule has 0 amide bonds. The number of nitrogens with one attached hydrogen (secondary N) is 1. The number of hydrogen-bond acceptors (Lipinski definition) is 7. The molecular weight excluding hydrogens is 272 g/mol. The van der Waals surface area contributed by atoms with E-state index >= 15 is 0 Å². The number of hydrogen-bond donors (Lipinski definition) is 2. The molecule has 0 bridgehead atoms. The first-order valence-electron chi connectivity index (χ1n) is 6.30. The molecule has 0 spiro atoms. The average Bonchev–Trinajstić information content (AvgIpc) is 2.53. The van der Waals surface area contributed by atoms with Crippen molar-refractivity contribution in [3.05, 3.63) is 36.2 Å². The lowest BCUT2D eigenvalue weighted by Crippen LogP contribution is -2.24. The molecule has 2 heterocycles. The van der Waals surface area contributed by atoms with Gasteiger partial charge in [0.1, 0.15) is 11.6 Å². The second-order valence-corrected chi connectivity index (χ2v) is 4.89. The third kappa shape index (κ3) is 3.58. The van der Waals surface area contributed by atoms with Gasteiger partial charge in [0.05, 0.1) is 0 Å². The Hall–Kier alpha value is -1.86. The lowest BCUT2D eigenvalue weighted by atomic mass is 10.2. The van der Waals surface area contributed by atoms with Crippen LogP contribution in [0.1, 0.15) is 12.5 Å². The molecule has 2 aromatic rings. The molecule has 0 radical (unpaired) electrons. The summed E-state index contributed by atoms with van der Waals surface area (Å²) in [6, 6.07) is 5.85. The van der Waals surface area contributed by atoms with Gasteiger partial charge in [-0.25, -0.2) is 15.8 Å². The fourth-order valence-corrected chi connectivity index (χ4v) is 2.18. The van der Waals surface area contributed by atoms with Crippen molar-refractivity contribution < 1.29 is 0 Å². The molecule has 0 saturated carbocycles. The molecule has 0 aromatic carbocycles. The second kappa shape index (κ2) is 7.06. The van der Waals surface area contributed by atoms with Gasteiger partial charge in [-0.15, -0.1) is 0 Å². The molecular formula is C13H18N6S. The van der Waals surface area contributed by atoms with Gasteiger partial charge in [-0.1, -0.05) is 11.8 Å². The summed E-state index contributed by atoms with van der Waals surface area (Å²) in [5.74, 6) is 6.94. The van der Waals surface area contributed by atoms with Crippen LogP contribution in [0.4, 0.5) is 11.6 Å². The Morgan fingerprint density at radius 3 is 2.65 bits per heavy atom. The van der Waals surface area contributed by atoms with Crippen molar-refractivity contribution in [2.75, 3.05) is 23.1 Å². The van der Waals surface area contributed by atoms with Gasteiger partial charge in [-0.2, -0.15) is 0 Å². The van der Waals surface area contributed by atoms with Crippen molar-refractivity contribution in [1.29, 1.82) is 0 Å². The lowest BCUT2D eigenvalue weighted by Gasteiger charge is -2.22. The molecule has 6 nitrogen and oxygen atoms in total. The van der Waals surface area contributed by atoms with Crippen LogP contribution < -0.4 is 16.2 Å². The van der Waals surface area contributed by atoms with Gasteiger partial charge in [0.25, 0.3) is 0 Å². The van der Waals surface area contributed by atoms with Crippen molar-refractivity contribution in [3.63, 3.8) is 0 Å². The maximum Gasteiger partial charge on any atom is 0.191 e. The van der Waals surface area contributed by atoms with Gasteiger partial charge in [-0.05, 0) is 30.9 Å². The highest BCUT2D eigenvalue weighted by molar-refractivity contribution is 7.98. The van der Waals surface area contributed by atoms with Crippen LogP contribution in [-0.2, 0) is 6.54 Å². The monoisotopic (exact) mass is 290 g/mol. The van der Waals surface area contributed by atoms with Crippen molar-refractivity contribution in [2.24, 2.45) is 5.84 Å². The Kier molecular flexibility index (Phi) is 5.14. The van der Waals surface area contributed by atoms with Crippen molar-refractivity contribution in [1.82, 2.24) is 15.0 Å². The highest BCUT2D eigenvalue weighted by atomic mass is 32.2. The van der Waals surface area contributed by atoms with E-state index in [0.717, 1.165) is 18.9 Å². The first-order chi connectivity index (χ1) is 9.76. The van der Waals surface area contributed by atoms with Gasteiger partial charge in [0, 0.05) is 31.5 Å². The zero-order valence-corrected chi connectivity index (χ0v) is 12.4. The number of nitrogens with zero attached hydrogens (tertiary/aromatic N) is 4. The van der Waals surface area contributed by atoms with Crippen LogP contribution in [0, 0.1) is 0 Å². The molecule has 2 aromatic heterocycles. The number of rotatable bonds is 6. The molecule has 0 aliphatic rings.